The van der Waals surface area contributed by atoms with Gasteiger partial charge in [-0.25, -0.2) is 4.79 Å². The Kier molecular flexibility index (Phi) is 3.34. The summed E-state index contributed by atoms with van der Waals surface area (Å²) in [6.45, 7) is 3.51. The second-order valence-electron chi connectivity index (χ2n) is 3.05. The van der Waals surface area contributed by atoms with Gasteiger partial charge < -0.3 is 14.8 Å². The molecule has 1 saturated heterocycles. The smallest absolute Gasteiger partial charge is 0.407 e. The van der Waals surface area contributed by atoms with E-state index >= 15 is 0 Å². The number of rotatable bonds is 2. The van der Waals surface area contributed by atoms with Crippen LogP contribution in [0.2, 0.25) is 0 Å². The van der Waals surface area contributed by atoms with E-state index in [2.05, 4.69) is 10.1 Å². The monoisotopic (exact) mass is 173 g/mol. The molecule has 0 radical (unpaired) electrons. The first-order valence-corrected chi connectivity index (χ1v) is 4.16. The van der Waals surface area contributed by atoms with Crippen molar-refractivity contribution in [3.8, 4) is 0 Å². The number of nitrogens with one attached hydrogen (secondary N) is 1. The molecule has 1 amide bonds. The van der Waals surface area contributed by atoms with Crippen molar-refractivity contribution in [2.24, 2.45) is 5.92 Å². The quantitative estimate of drug-likeness (QED) is 0.670. The Morgan fingerprint density at radius 2 is 2.50 bits per heavy atom. The van der Waals surface area contributed by atoms with Gasteiger partial charge in [-0.15, -0.1) is 0 Å². The van der Waals surface area contributed by atoms with Crippen LogP contribution in [0.15, 0.2) is 0 Å². The summed E-state index contributed by atoms with van der Waals surface area (Å²) in [5.41, 5.74) is 0. The van der Waals surface area contributed by atoms with Crippen LogP contribution in [-0.4, -0.2) is 32.5 Å². The largest absolute Gasteiger partial charge is 0.453 e. The van der Waals surface area contributed by atoms with E-state index in [0.29, 0.717) is 5.92 Å². The third kappa shape index (κ3) is 2.37. The zero-order valence-corrected chi connectivity index (χ0v) is 7.50. The maximum atomic E-state index is 10.8. The molecule has 0 bridgehead atoms. The molecule has 0 aromatic carbocycles. The van der Waals surface area contributed by atoms with E-state index < -0.39 is 0 Å². The molecule has 2 unspecified atom stereocenters. The second-order valence-corrected chi connectivity index (χ2v) is 3.05. The van der Waals surface area contributed by atoms with Gasteiger partial charge in [0, 0.05) is 18.6 Å². The van der Waals surface area contributed by atoms with Crippen LogP contribution in [0.1, 0.15) is 13.3 Å². The Morgan fingerprint density at radius 3 is 3.00 bits per heavy atom. The van der Waals surface area contributed by atoms with E-state index in [9.17, 15) is 4.79 Å². The van der Waals surface area contributed by atoms with Gasteiger partial charge in [-0.05, 0) is 13.3 Å². The molecule has 1 aliphatic heterocycles. The Balaban J connectivity index is 2.26. The molecule has 0 aliphatic carbocycles. The first-order chi connectivity index (χ1) is 5.74. The highest BCUT2D eigenvalue weighted by molar-refractivity contribution is 5.67. The van der Waals surface area contributed by atoms with E-state index in [1.54, 1.807) is 0 Å². The molecule has 1 aliphatic rings. The summed E-state index contributed by atoms with van der Waals surface area (Å²) in [7, 11) is 1.37. The fraction of sp³-hybridized carbons (Fsp3) is 0.875. The van der Waals surface area contributed by atoms with E-state index in [1.807, 2.05) is 6.92 Å². The average Bonchev–Trinajstić information content (AvgIpc) is 2.56. The van der Waals surface area contributed by atoms with E-state index in [4.69, 9.17) is 4.74 Å². The van der Waals surface area contributed by atoms with Crippen molar-refractivity contribution in [3.63, 3.8) is 0 Å². The molecule has 1 N–H and O–H groups in total. The van der Waals surface area contributed by atoms with E-state index in [-0.39, 0.29) is 12.1 Å². The summed E-state index contributed by atoms with van der Waals surface area (Å²) < 4.78 is 9.69. The summed E-state index contributed by atoms with van der Waals surface area (Å²) in [4.78, 5) is 10.8. The number of methoxy groups -OCH3 is 1. The van der Waals surface area contributed by atoms with Crippen molar-refractivity contribution in [2.45, 2.75) is 19.4 Å². The summed E-state index contributed by atoms with van der Waals surface area (Å²) >= 11 is 0. The average molecular weight is 173 g/mol. The Hall–Kier alpha value is -0.770. The van der Waals surface area contributed by atoms with Crippen molar-refractivity contribution < 1.29 is 14.3 Å². The summed E-state index contributed by atoms with van der Waals surface area (Å²) in [5.74, 6) is 0.434. The highest BCUT2D eigenvalue weighted by Gasteiger charge is 2.23. The highest BCUT2D eigenvalue weighted by Crippen LogP contribution is 2.16. The van der Waals surface area contributed by atoms with Gasteiger partial charge in [0.15, 0.2) is 0 Å². The molecule has 12 heavy (non-hydrogen) atoms. The van der Waals surface area contributed by atoms with Crippen molar-refractivity contribution in [1.82, 2.24) is 5.32 Å². The molecule has 1 fully saturated rings. The van der Waals surface area contributed by atoms with Crippen LogP contribution in [0, 0.1) is 5.92 Å². The molecular formula is C8H15NO3. The van der Waals surface area contributed by atoms with Crippen molar-refractivity contribution in [2.75, 3.05) is 20.3 Å². The van der Waals surface area contributed by atoms with Gasteiger partial charge in [0.25, 0.3) is 0 Å². The number of carbonyl (C=O) groups excluding carboxylic acids is 1. The van der Waals surface area contributed by atoms with Crippen molar-refractivity contribution in [1.29, 1.82) is 0 Å². The first-order valence-electron chi connectivity index (χ1n) is 4.16. The lowest BCUT2D eigenvalue weighted by Crippen LogP contribution is -2.38. The van der Waals surface area contributed by atoms with Crippen LogP contribution in [0.25, 0.3) is 0 Å². The Morgan fingerprint density at radius 1 is 1.75 bits per heavy atom. The van der Waals surface area contributed by atoms with Crippen molar-refractivity contribution in [3.05, 3.63) is 0 Å². The fourth-order valence-corrected chi connectivity index (χ4v) is 1.31. The fourth-order valence-electron chi connectivity index (χ4n) is 1.31. The summed E-state index contributed by atoms with van der Waals surface area (Å²) in [6.07, 6.45) is 0.653. The molecule has 70 valence electrons. The summed E-state index contributed by atoms with van der Waals surface area (Å²) in [6, 6.07) is 0.139. The predicted molar refractivity (Wildman–Crippen MR) is 43.9 cm³/mol. The highest BCUT2D eigenvalue weighted by atomic mass is 16.5. The Bertz CT molecular complexity index is 154. The van der Waals surface area contributed by atoms with Gasteiger partial charge in [0.05, 0.1) is 13.7 Å². The minimum atomic E-state index is -0.366. The third-order valence-electron chi connectivity index (χ3n) is 2.20. The maximum absolute atomic E-state index is 10.8. The molecule has 2 atom stereocenters. The number of hydrogen-bond acceptors (Lipinski definition) is 3. The minimum absolute atomic E-state index is 0.139. The maximum Gasteiger partial charge on any atom is 0.407 e. The van der Waals surface area contributed by atoms with Gasteiger partial charge in [-0.3, -0.25) is 0 Å². The van der Waals surface area contributed by atoms with Crippen LogP contribution < -0.4 is 5.32 Å². The van der Waals surface area contributed by atoms with Crippen LogP contribution in [0.5, 0.6) is 0 Å². The van der Waals surface area contributed by atoms with Gasteiger partial charge in [0.2, 0.25) is 0 Å². The third-order valence-corrected chi connectivity index (χ3v) is 2.20. The van der Waals surface area contributed by atoms with Crippen LogP contribution >= 0.6 is 0 Å². The lowest BCUT2D eigenvalue weighted by Gasteiger charge is -2.17. The van der Waals surface area contributed by atoms with E-state index in [1.165, 1.54) is 7.11 Å². The number of amides is 1. The lowest BCUT2D eigenvalue weighted by molar-refractivity contribution is 0.156. The lowest BCUT2D eigenvalue weighted by atomic mass is 10.0. The number of hydrogen-bond donors (Lipinski definition) is 1. The van der Waals surface area contributed by atoms with Crippen molar-refractivity contribution >= 4 is 6.09 Å². The molecule has 0 saturated carbocycles. The topological polar surface area (TPSA) is 47.6 Å². The molecule has 1 rings (SSSR count). The van der Waals surface area contributed by atoms with E-state index in [0.717, 1.165) is 19.6 Å². The van der Waals surface area contributed by atoms with Gasteiger partial charge in [-0.2, -0.15) is 0 Å². The molecule has 0 spiro atoms. The molecule has 4 heteroatoms. The first kappa shape index (κ1) is 9.32. The number of carbonyl (C=O) groups is 1. The number of alkyl carbamates (subject to hydrolysis) is 1. The van der Waals surface area contributed by atoms with Gasteiger partial charge >= 0.3 is 6.09 Å². The van der Waals surface area contributed by atoms with Crippen LogP contribution in [-0.2, 0) is 9.47 Å². The second kappa shape index (κ2) is 4.30. The molecule has 0 aromatic heterocycles. The van der Waals surface area contributed by atoms with Crippen LogP contribution in [0.3, 0.4) is 0 Å². The normalized spacial score (nSPS) is 25.0. The molecular weight excluding hydrogens is 158 g/mol. The molecule has 0 aromatic rings. The Labute approximate surface area is 72.2 Å². The molecule has 4 nitrogen and oxygen atoms in total. The van der Waals surface area contributed by atoms with Crippen LogP contribution in [0.4, 0.5) is 4.79 Å². The minimum Gasteiger partial charge on any atom is -0.453 e. The zero-order valence-electron chi connectivity index (χ0n) is 7.50. The standard InChI is InChI=1S/C8H15NO3/c1-6(9-8(10)11-2)7-3-4-12-5-7/h6-7H,3-5H2,1-2H3,(H,9,10). The molecule has 1 heterocycles. The predicted octanol–water partition coefficient (Wildman–Crippen LogP) is 0.767. The van der Waals surface area contributed by atoms with Gasteiger partial charge in [-0.1, -0.05) is 0 Å². The van der Waals surface area contributed by atoms with Gasteiger partial charge in [0.1, 0.15) is 0 Å². The SMILES string of the molecule is COC(=O)NC(C)C1CCOC1. The number of ether oxygens (including phenoxy) is 2. The summed E-state index contributed by atoms with van der Waals surface area (Å²) in [5, 5.41) is 2.73. The zero-order chi connectivity index (χ0) is 8.97.